The van der Waals surface area contributed by atoms with Crippen LogP contribution in [-0.2, 0) is 10.9 Å². The van der Waals surface area contributed by atoms with Crippen molar-refractivity contribution < 1.29 is 17.9 Å². The van der Waals surface area contributed by atoms with Crippen LogP contribution in [0.25, 0.3) is 0 Å². The Labute approximate surface area is 104 Å². The predicted molar refractivity (Wildman–Crippen MR) is 62.0 cm³/mol. The molecule has 2 N–H and O–H groups in total. The SMILES string of the molecule is NC[C@@H]1CCCC(c2cccc(C(F)(F)F)c2)O1. The van der Waals surface area contributed by atoms with Gasteiger partial charge in [-0.05, 0) is 37.0 Å². The molecule has 2 rings (SSSR count). The van der Waals surface area contributed by atoms with Crippen LogP contribution in [0.2, 0.25) is 0 Å². The molecule has 1 unspecified atom stereocenters. The lowest BCUT2D eigenvalue weighted by atomic mass is 9.97. The summed E-state index contributed by atoms with van der Waals surface area (Å²) in [4.78, 5) is 0. The van der Waals surface area contributed by atoms with Gasteiger partial charge in [-0.3, -0.25) is 0 Å². The third-order valence-corrected chi connectivity index (χ3v) is 3.20. The van der Waals surface area contributed by atoms with Crippen molar-refractivity contribution in [2.24, 2.45) is 5.73 Å². The number of halogens is 3. The number of ether oxygens (including phenoxy) is 1. The van der Waals surface area contributed by atoms with Gasteiger partial charge in [0.05, 0.1) is 17.8 Å². The Morgan fingerprint density at radius 2 is 2.06 bits per heavy atom. The highest BCUT2D eigenvalue weighted by Crippen LogP contribution is 2.35. The summed E-state index contributed by atoms with van der Waals surface area (Å²) < 4.78 is 43.5. The lowest BCUT2D eigenvalue weighted by Gasteiger charge is -2.29. The van der Waals surface area contributed by atoms with E-state index in [0.717, 1.165) is 25.3 Å². The van der Waals surface area contributed by atoms with Crippen molar-refractivity contribution in [3.05, 3.63) is 35.4 Å². The molecule has 0 aliphatic carbocycles. The molecule has 18 heavy (non-hydrogen) atoms. The third kappa shape index (κ3) is 3.03. The highest BCUT2D eigenvalue weighted by Gasteiger charge is 2.31. The fourth-order valence-corrected chi connectivity index (χ4v) is 2.23. The van der Waals surface area contributed by atoms with Gasteiger partial charge in [0.15, 0.2) is 0 Å². The van der Waals surface area contributed by atoms with E-state index in [1.807, 2.05) is 0 Å². The maximum Gasteiger partial charge on any atom is 0.416 e. The molecule has 100 valence electrons. The van der Waals surface area contributed by atoms with Gasteiger partial charge in [0.1, 0.15) is 0 Å². The van der Waals surface area contributed by atoms with Gasteiger partial charge in [-0.1, -0.05) is 12.1 Å². The van der Waals surface area contributed by atoms with Crippen molar-refractivity contribution in [2.75, 3.05) is 6.54 Å². The number of hydrogen-bond acceptors (Lipinski definition) is 2. The van der Waals surface area contributed by atoms with E-state index < -0.39 is 11.7 Å². The Hall–Kier alpha value is -1.07. The summed E-state index contributed by atoms with van der Waals surface area (Å²) >= 11 is 0. The maximum atomic E-state index is 12.6. The molecule has 2 nitrogen and oxygen atoms in total. The van der Waals surface area contributed by atoms with Crippen molar-refractivity contribution in [1.82, 2.24) is 0 Å². The predicted octanol–water partition coefficient (Wildman–Crippen LogP) is 3.27. The Morgan fingerprint density at radius 3 is 2.72 bits per heavy atom. The first-order valence-electron chi connectivity index (χ1n) is 6.03. The molecule has 0 radical (unpaired) electrons. The molecule has 1 aromatic carbocycles. The second-order valence-corrected chi connectivity index (χ2v) is 4.54. The maximum absolute atomic E-state index is 12.6. The molecule has 0 spiro atoms. The molecule has 0 aromatic heterocycles. The first-order valence-corrected chi connectivity index (χ1v) is 6.03. The minimum Gasteiger partial charge on any atom is -0.369 e. The van der Waals surface area contributed by atoms with E-state index in [2.05, 4.69) is 0 Å². The fraction of sp³-hybridized carbons (Fsp3) is 0.538. The van der Waals surface area contributed by atoms with Crippen molar-refractivity contribution in [3.8, 4) is 0 Å². The summed E-state index contributed by atoms with van der Waals surface area (Å²) in [6.45, 7) is 0.412. The second kappa shape index (κ2) is 5.28. The molecule has 0 saturated carbocycles. The van der Waals surface area contributed by atoms with Gasteiger partial charge < -0.3 is 10.5 Å². The molecule has 1 aliphatic rings. The molecule has 1 saturated heterocycles. The normalized spacial score (nSPS) is 25.1. The van der Waals surface area contributed by atoms with Crippen LogP contribution in [0.3, 0.4) is 0 Å². The first kappa shape index (κ1) is 13.4. The van der Waals surface area contributed by atoms with Gasteiger partial charge in [0.2, 0.25) is 0 Å². The molecule has 1 aromatic rings. The third-order valence-electron chi connectivity index (χ3n) is 3.20. The van der Waals surface area contributed by atoms with E-state index >= 15 is 0 Å². The van der Waals surface area contributed by atoms with Crippen molar-refractivity contribution in [1.29, 1.82) is 0 Å². The summed E-state index contributed by atoms with van der Waals surface area (Å²) in [5.41, 5.74) is 5.50. The average molecular weight is 259 g/mol. The fourth-order valence-electron chi connectivity index (χ4n) is 2.23. The molecular weight excluding hydrogens is 243 g/mol. The lowest BCUT2D eigenvalue weighted by molar-refractivity contribution is -0.137. The second-order valence-electron chi connectivity index (χ2n) is 4.54. The van der Waals surface area contributed by atoms with Gasteiger partial charge in [-0.15, -0.1) is 0 Å². The zero-order valence-corrected chi connectivity index (χ0v) is 9.91. The quantitative estimate of drug-likeness (QED) is 0.884. The summed E-state index contributed by atoms with van der Waals surface area (Å²) in [7, 11) is 0. The number of hydrogen-bond donors (Lipinski definition) is 1. The standard InChI is InChI=1S/C13H16F3NO/c14-13(15,16)10-4-1-3-9(7-10)12-6-2-5-11(8-17)18-12/h1,3-4,7,11-12H,2,5-6,8,17H2/t11-,12?/m0/s1. The number of alkyl halides is 3. The van der Waals surface area contributed by atoms with Crippen LogP contribution in [0, 0.1) is 0 Å². The van der Waals surface area contributed by atoms with E-state index in [0.29, 0.717) is 12.1 Å². The topological polar surface area (TPSA) is 35.2 Å². The van der Waals surface area contributed by atoms with Gasteiger partial charge in [0.25, 0.3) is 0 Å². The molecule has 1 aliphatic heterocycles. The van der Waals surface area contributed by atoms with E-state index in [-0.39, 0.29) is 12.2 Å². The number of benzene rings is 1. The summed E-state index contributed by atoms with van der Waals surface area (Å²) in [5.74, 6) is 0. The number of rotatable bonds is 2. The minimum absolute atomic E-state index is 0.0432. The van der Waals surface area contributed by atoms with Crippen LogP contribution in [-0.4, -0.2) is 12.6 Å². The van der Waals surface area contributed by atoms with Gasteiger partial charge in [-0.2, -0.15) is 13.2 Å². The van der Waals surface area contributed by atoms with Crippen molar-refractivity contribution in [2.45, 2.75) is 37.6 Å². The van der Waals surface area contributed by atoms with Crippen molar-refractivity contribution >= 4 is 0 Å². The largest absolute Gasteiger partial charge is 0.416 e. The molecule has 5 heteroatoms. The highest BCUT2D eigenvalue weighted by atomic mass is 19.4. The van der Waals surface area contributed by atoms with Gasteiger partial charge in [0, 0.05) is 6.54 Å². The zero-order chi connectivity index (χ0) is 13.2. The molecule has 1 heterocycles. The molecular formula is C13H16F3NO. The van der Waals surface area contributed by atoms with Crippen LogP contribution < -0.4 is 5.73 Å². The van der Waals surface area contributed by atoms with Crippen LogP contribution in [0.1, 0.15) is 36.5 Å². The Bertz CT molecular complexity index is 405. The van der Waals surface area contributed by atoms with Crippen LogP contribution >= 0.6 is 0 Å². The summed E-state index contributed by atoms with van der Waals surface area (Å²) in [5, 5.41) is 0. The van der Waals surface area contributed by atoms with Crippen LogP contribution in [0.5, 0.6) is 0 Å². The van der Waals surface area contributed by atoms with Crippen LogP contribution in [0.15, 0.2) is 24.3 Å². The monoisotopic (exact) mass is 259 g/mol. The van der Waals surface area contributed by atoms with Crippen LogP contribution in [0.4, 0.5) is 13.2 Å². The van der Waals surface area contributed by atoms with Crippen molar-refractivity contribution in [3.63, 3.8) is 0 Å². The summed E-state index contributed by atoms with van der Waals surface area (Å²) in [6, 6.07) is 5.35. The first-order chi connectivity index (χ1) is 8.50. The van der Waals surface area contributed by atoms with Gasteiger partial charge in [-0.25, -0.2) is 0 Å². The number of nitrogens with two attached hydrogens (primary N) is 1. The molecule has 2 atom stereocenters. The van der Waals surface area contributed by atoms with E-state index in [4.69, 9.17) is 10.5 Å². The highest BCUT2D eigenvalue weighted by molar-refractivity contribution is 5.27. The lowest BCUT2D eigenvalue weighted by Crippen LogP contribution is -2.29. The Morgan fingerprint density at radius 1 is 1.28 bits per heavy atom. The van der Waals surface area contributed by atoms with E-state index in [9.17, 15) is 13.2 Å². The van der Waals surface area contributed by atoms with E-state index in [1.54, 1.807) is 6.07 Å². The molecule has 0 bridgehead atoms. The average Bonchev–Trinajstić information content (AvgIpc) is 2.38. The Kier molecular flexibility index (Phi) is 3.92. The molecule has 1 fully saturated rings. The van der Waals surface area contributed by atoms with Gasteiger partial charge >= 0.3 is 6.18 Å². The zero-order valence-electron chi connectivity index (χ0n) is 9.91. The summed E-state index contributed by atoms with van der Waals surface area (Å²) in [6.07, 6.45) is -2.06. The Balaban J connectivity index is 2.18. The minimum atomic E-state index is -4.31. The molecule has 0 amide bonds. The van der Waals surface area contributed by atoms with E-state index in [1.165, 1.54) is 12.1 Å². The smallest absolute Gasteiger partial charge is 0.369 e.